The first-order valence-corrected chi connectivity index (χ1v) is 5.45. The Hall–Kier alpha value is -1.67. The quantitative estimate of drug-likeness (QED) is 0.685. The van der Waals surface area contributed by atoms with Crippen LogP contribution in [0.1, 0.15) is 12.2 Å². The summed E-state index contributed by atoms with van der Waals surface area (Å²) in [4.78, 5) is 12.6. The van der Waals surface area contributed by atoms with Crippen molar-refractivity contribution in [3.05, 3.63) is 18.2 Å². The van der Waals surface area contributed by atoms with Crippen LogP contribution in [0.25, 0.3) is 0 Å². The topological polar surface area (TPSA) is 56.0 Å². The molecule has 0 radical (unpaired) electrons. The van der Waals surface area contributed by atoms with E-state index >= 15 is 0 Å². The fraction of sp³-hybridized carbons (Fsp3) is 0.545. The van der Waals surface area contributed by atoms with Crippen molar-refractivity contribution in [3.63, 3.8) is 0 Å². The monoisotopic (exact) mass is 217 g/mol. The van der Waals surface area contributed by atoms with Crippen LogP contribution in [0.3, 0.4) is 0 Å². The first kappa shape index (κ1) is 10.8. The lowest BCUT2D eigenvalue weighted by Gasteiger charge is -2.21. The lowest BCUT2D eigenvalue weighted by Crippen LogP contribution is -2.28. The summed E-state index contributed by atoms with van der Waals surface area (Å²) in [7, 11) is 2.14. The molecule has 0 amide bonds. The third-order valence-electron chi connectivity index (χ3n) is 2.82. The molecule has 1 aromatic rings. The Morgan fingerprint density at radius 1 is 1.19 bits per heavy atom. The van der Waals surface area contributed by atoms with Gasteiger partial charge in [0.2, 0.25) is 5.82 Å². The van der Waals surface area contributed by atoms with Crippen molar-refractivity contribution in [2.45, 2.75) is 6.42 Å². The van der Waals surface area contributed by atoms with Crippen LogP contribution in [0.15, 0.2) is 12.4 Å². The standard InChI is InChI=1S/C11H15N5/c1-15-3-2-4-16(6-5-15)10-8-13-11(7-12)14-9-10/h8-9H,2-6H2,1H3. The van der Waals surface area contributed by atoms with Gasteiger partial charge in [-0.15, -0.1) is 0 Å². The molecule has 1 fully saturated rings. The van der Waals surface area contributed by atoms with Gasteiger partial charge in [-0.1, -0.05) is 0 Å². The maximum absolute atomic E-state index is 8.62. The molecule has 0 N–H and O–H groups in total. The second kappa shape index (κ2) is 4.90. The number of nitrogens with zero attached hydrogens (tertiary/aromatic N) is 5. The fourth-order valence-electron chi connectivity index (χ4n) is 1.85. The first-order chi connectivity index (χ1) is 7.79. The summed E-state index contributed by atoms with van der Waals surface area (Å²) in [6.45, 7) is 4.21. The lowest BCUT2D eigenvalue weighted by molar-refractivity contribution is 0.360. The summed E-state index contributed by atoms with van der Waals surface area (Å²) in [5.74, 6) is 0.232. The van der Waals surface area contributed by atoms with Crippen molar-refractivity contribution >= 4 is 5.69 Å². The average Bonchev–Trinajstić information content (AvgIpc) is 2.54. The number of likely N-dealkylation sites (N-methyl/N-ethyl adjacent to an activating group) is 1. The highest BCUT2D eigenvalue weighted by molar-refractivity contribution is 5.42. The van der Waals surface area contributed by atoms with Gasteiger partial charge in [-0.25, -0.2) is 9.97 Å². The molecule has 5 heteroatoms. The van der Waals surface area contributed by atoms with Crippen molar-refractivity contribution in [3.8, 4) is 6.07 Å². The molecule has 0 aliphatic carbocycles. The smallest absolute Gasteiger partial charge is 0.232 e. The molecule has 0 aromatic carbocycles. The lowest BCUT2D eigenvalue weighted by atomic mass is 10.3. The molecule has 2 rings (SSSR count). The molecule has 0 spiro atoms. The number of hydrogen-bond acceptors (Lipinski definition) is 5. The molecule has 0 atom stereocenters. The Kier molecular flexibility index (Phi) is 3.32. The highest BCUT2D eigenvalue weighted by Gasteiger charge is 2.12. The molecule has 5 nitrogen and oxygen atoms in total. The van der Waals surface area contributed by atoms with Gasteiger partial charge in [0.1, 0.15) is 6.07 Å². The largest absolute Gasteiger partial charge is 0.368 e. The molecule has 0 bridgehead atoms. The first-order valence-electron chi connectivity index (χ1n) is 5.45. The highest BCUT2D eigenvalue weighted by Crippen LogP contribution is 2.13. The van der Waals surface area contributed by atoms with E-state index in [0.717, 1.165) is 38.3 Å². The minimum absolute atomic E-state index is 0.232. The maximum atomic E-state index is 8.62. The number of anilines is 1. The van der Waals surface area contributed by atoms with Crippen LogP contribution in [-0.4, -0.2) is 48.1 Å². The Balaban J connectivity index is 2.08. The van der Waals surface area contributed by atoms with E-state index in [0.29, 0.717) is 0 Å². The van der Waals surface area contributed by atoms with Gasteiger partial charge in [-0.2, -0.15) is 5.26 Å². The summed E-state index contributed by atoms with van der Waals surface area (Å²) in [5, 5.41) is 8.62. The van der Waals surface area contributed by atoms with Crippen LogP contribution in [0.4, 0.5) is 5.69 Å². The van der Waals surface area contributed by atoms with E-state index < -0.39 is 0 Å². The van der Waals surface area contributed by atoms with E-state index in [1.54, 1.807) is 12.4 Å². The normalized spacial score (nSPS) is 17.9. The van der Waals surface area contributed by atoms with Gasteiger partial charge in [-0.3, -0.25) is 0 Å². The molecule has 0 unspecified atom stereocenters. The molecule has 0 saturated carbocycles. The summed E-state index contributed by atoms with van der Waals surface area (Å²) in [5.41, 5.74) is 1.01. The van der Waals surface area contributed by atoms with Gasteiger partial charge in [0.05, 0.1) is 18.1 Å². The summed E-state index contributed by atoms with van der Waals surface area (Å²) < 4.78 is 0. The summed E-state index contributed by atoms with van der Waals surface area (Å²) >= 11 is 0. The van der Waals surface area contributed by atoms with Crippen molar-refractivity contribution in [2.75, 3.05) is 38.1 Å². The minimum Gasteiger partial charge on any atom is -0.368 e. The number of rotatable bonds is 1. The zero-order valence-corrected chi connectivity index (χ0v) is 9.43. The molecule has 1 saturated heterocycles. The van der Waals surface area contributed by atoms with Crippen LogP contribution >= 0.6 is 0 Å². The Bertz CT molecular complexity index is 380. The van der Waals surface area contributed by atoms with Crippen molar-refractivity contribution < 1.29 is 0 Å². The zero-order chi connectivity index (χ0) is 11.4. The second-order valence-corrected chi connectivity index (χ2v) is 4.02. The van der Waals surface area contributed by atoms with E-state index in [2.05, 4.69) is 26.8 Å². The predicted octanol–water partition coefficient (Wildman–Crippen LogP) is 0.490. The van der Waals surface area contributed by atoms with Crippen LogP contribution < -0.4 is 4.90 Å². The molecule has 16 heavy (non-hydrogen) atoms. The van der Waals surface area contributed by atoms with Gasteiger partial charge in [0.15, 0.2) is 0 Å². The fourth-order valence-corrected chi connectivity index (χ4v) is 1.85. The molecule has 84 valence electrons. The minimum atomic E-state index is 0.232. The van der Waals surface area contributed by atoms with E-state index in [4.69, 9.17) is 5.26 Å². The predicted molar refractivity (Wildman–Crippen MR) is 61.1 cm³/mol. The Labute approximate surface area is 95.3 Å². The molecule has 2 heterocycles. The van der Waals surface area contributed by atoms with Crippen LogP contribution in [-0.2, 0) is 0 Å². The molecule has 1 aliphatic rings. The van der Waals surface area contributed by atoms with Gasteiger partial charge in [0.25, 0.3) is 0 Å². The number of hydrogen-bond donors (Lipinski definition) is 0. The third kappa shape index (κ3) is 2.47. The van der Waals surface area contributed by atoms with Crippen molar-refractivity contribution in [2.24, 2.45) is 0 Å². The summed E-state index contributed by atoms with van der Waals surface area (Å²) in [6.07, 6.45) is 4.62. The van der Waals surface area contributed by atoms with Crippen molar-refractivity contribution in [1.82, 2.24) is 14.9 Å². The maximum Gasteiger partial charge on any atom is 0.232 e. The van der Waals surface area contributed by atoms with E-state index in [-0.39, 0.29) is 5.82 Å². The van der Waals surface area contributed by atoms with Crippen LogP contribution in [0.5, 0.6) is 0 Å². The van der Waals surface area contributed by atoms with E-state index in [9.17, 15) is 0 Å². The van der Waals surface area contributed by atoms with Gasteiger partial charge in [-0.05, 0) is 20.0 Å². The highest BCUT2D eigenvalue weighted by atomic mass is 15.2. The molecular weight excluding hydrogens is 202 g/mol. The third-order valence-corrected chi connectivity index (χ3v) is 2.82. The Morgan fingerprint density at radius 2 is 1.94 bits per heavy atom. The van der Waals surface area contributed by atoms with Crippen LogP contribution in [0.2, 0.25) is 0 Å². The SMILES string of the molecule is CN1CCCN(c2cnc(C#N)nc2)CC1. The van der Waals surface area contributed by atoms with Crippen LogP contribution in [0, 0.1) is 11.3 Å². The zero-order valence-electron chi connectivity index (χ0n) is 9.43. The van der Waals surface area contributed by atoms with Crippen molar-refractivity contribution in [1.29, 1.82) is 5.26 Å². The Morgan fingerprint density at radius 3 is 2.62 bits per heavy atom. The molecule has 1 aromatic heterocycles. The molecule has 1 aliphatic heterocycles. The van der Waals surface area contributed by atoms with Gasteiger partial charge in [0, 0.05) is 19.6 Å². The number of nitriles is 1. The average molecular weight is 217 g/mol. The van der Waals surface area contributed by atoms with E-state index in [1.807, 2.05) is 6.07 Å². The van der Waals surface area contributed by atoms with E-state index in [1.165, 1.54) is 0 Å². The number of aromatic nitrogens is 2. The summed E-state index contributed by atoms with van der Waals surface area (Å²) in [6, 6.07) is 1.93. The van der Waals surface area contributed by atoms with Gasteiger partial charge < -0.3 is 9.80 Å². The second-order valence-electron chi connectivity index (χ2n) is 4.02. The van der Waals surface area contributed by atoms with Gasteiger partial charge >= 0.3 is 0 Å². The molecular formula is C11H15N5.